The van der Waals surface area contributed by atoms with Gasteiger partial charge in [0.2, 0.25) is 0 Å². The van der Waals surface area contributed by atoms with Gasteiger partial charge in [0.25, 0.3) is 0 Å². The highest BCUT2D eigenvalue weighted by molar-refractivity contribution is 5.78. The van der Waals surface area contributed by atoms with Crippen LogP contribution in [0.2, 0.25) is 0 Å². The topological polar surface area (TPSA) is 107 Å². The lowest BCUT2D eigenvalue weighted by Gasteiger charge is -2.36. The van der Waals surface area contributed by atoms with Crippen molar-refractivity contribution in [1.82, 2.24) is 33.8 Å². The molecule has 12 heteroatoms. The van der Waals surface area contributed by atoms with Crippen LogP contribution in [0, 0.1) is 5.92 Å². The van der Waals surface area contributed by atoms with E-state index in [0.717, 1.165) is 66.7 Å². The molecule has 2 saturated heterocycles. The van der Waals surface area contributed by atoms with Crippen LogP contribution in [0.1, 0.15) is 52.9 Å². The Kier molecular flexibility index (Phi) is 16.3. The summed E-state index contributed by atoms with van der Waals surface area (Å²) in [5.74, 6) is 3.10. The van der Waals surface area contributed by atoms with Gasteiger partial charge in [0.1, 0.15) is 29.9 Å². The third-order valence-corrected chi connectivity index (χ3v) is 10.9. The van der Waals surface area contributed by atoms with Gasteiger partial charge in [-0.2, -0.15) is 0 Å². The number of aromatic nitrogens is 4. The quantitative estimate of drug-likeness (QED) is 0.145. The van der Waals surface area contributed by atoms with Crippen molar-refractivity contribution in [3.63, 3.8) is 0 Å². The summed E-state index contributed by atoms with van der Waals surface area (Å²) in [5, 5.41) is 0. The molecule has 0 radical (unpaired) electrons. The molecule has 0 saturated carbocycles. The molecule has 0 atom stereocenters. The first-order valence-electron chi connectivity index (χ1n) is 20.1. The number of piperidine rings is 2. The van der Waals surface area contributed by atoms with E-state index in [9.17, 15) is 9.59 Å². The van der Waals surface area contributed by atoms with Gasteiger partial charge in [-0.25, -0.2) is 24.1 Å². The molecule has 4 heterocycles. The van der Waals surface area contributed by atoms with Gasteiger partial charge in [-0.3, -0.25) is 4.57 Å². The fourth-order valence-corrected chi connectivity index (χ4v) is 6.99. The number of ether oxygens (including phenoxy) is 3. The molecule has 0 unspecified atom stereocenters. The zero-order valence-electron chi connectivity index (χ0n) is 34.4. The number of carbonyl (C=O) groups is 2. The molecule has 12 nitrogen and oxygen atoms in total. The second kappa shape index (κ2) is 21.7. The second-order valence-corrected chi connectivity index (χ2v) is 14.3. The van der Waals surface area contributed by atoms with Crippen molar-refractivity contribution in [2.24, 2.45) is 5.92 Å². The van der Waals surface area contributed by atoms with Gasteiger partial charge in [-0.05, 0) is 118 Å². The zero-order valence-corrected chi connectivity index (χ0v) is 34.4. The van der Waals surface area contributed by atoms with Crippen molar-refractivity contribution in [3.8, 4) is 39.8 Å². The standard InChI is InChI=1S/C19H26N4O2.C17H14N2O3.C9H19N/c1-4-22-11-9-16(10-12-22)21(2)19(24)23-13-18(20-14-23)15-5-7-17(25-3)8-6-15;1-21-14-9-7-13(8-10-14)16-11-19(12-18-16)17(20)22-15-5-3-2-4-6-15;1-3-9-5-7-10(4-2)8-6-9/h5-8,13-14,16H,4,9-12H2,1-3H3;2-12H,1H3;9H,3-8H2,1-2H3. The summed E-state index contributed by atoms with van der Waals surface area (Å²) in [5.41, 5.74) is 3.33. The van der Waals surface area contributed by atoms with E-state index in [1.165, 1.54) is 49.8 Å². The molecule has 2 aromatic heterocycles. The summed E-state index contributed by atoms with van der Waals surface area (Å²) in [4.78, 5) is 40.2. The van der Waals surface area contributed by atoms with E-state index in [-0.39, 0.29) is 6.03 Å². The average molecular weight is 778 g/mol. The fraction of sp³-hybridized carbons (Fsp3) is 0.422. The van der Waals surface area contributed by atoms with E-state index in [0.29, 0.717) is 17.5 Å². The minimum atomic E-state index is -0.501. The van der Waals surface area contributed by atoms with Crippen LogP contribution in [0.15, 0.2) is 104 Å². The first-order valence-corrected chi connectivity index (χ1v) is 20.1. The van der Waals surface area contributed by atoms with Gasteiger partial charge < -0.3 is 28.9 Å². The number of amides is 1. The van der Waals surface area contributed by atoms with Crippen molar-refractivity contribution >= 4 is 12.1 Å². The minimum Gasteiger partial charge on any atom is -0.497 e. The van der Waals surface area contributed by atoms with Crippen LogP contribution in [-0.2, 0) is 0 Å². The number of rotatable bonds is 9. The van der Waals surface area contributed by atoms with Crippen molar-refractivity contribution in [2.75, 3.05) is 60.5 Å². The van der Waals surface area contributed by atoms with Crippen LogP contribution in [0.4, 0.5) is 9.59 Å². The summed E-state index contributed by atoms with van der Waals surface area (Å²) in [7, 11) is 5.15. The van der Waals surface area contributed by atoms with Crippen LogP contribution in [-0.4, -0.2) is 113 Å². The molecule has 7 rings (SSSR count). The highest BCUT2D eigenvalue weighted by atomic mass is 16.6. The molecule has 0 aliphatic carbocycles. The molecular weight excluding hydrogens is 719 g/mol. The molecule has 0 N–H and O–H groups in total. The van der Waals surface area contributed by atoms with Gasteiger partial charge >= 0.3 is 12.1 Å². The smallest absolute Gasteiger partial charge is 0.424 e. The van der Waals surface area contributed by atoms with Crippen molar-refractivity contribution < 1.29 is 23.8 Å². The van der Waals surface area contributed by atoms with E-state index in [2.05, 4.69) is 40.5 Å². The molecule has 5 aromatic rings. The van der Waals surface area contributed by atoms with Crippen molar-refractivity contribution in [1.29, 1.82) is 0 Å². The maximum atomic E-state index is 12.8. The van der Waals surface area contributed by atoms with E-state index >= 15 is 0 Å². The number of likely N-dealkylation sites (tertiary alicyclic amines) is 2. The minimum absolute atomic E-state index is 0.0257. The Bertz CT molecular complexity index is 1920. The molecule has 3 aromatic carbocycles. The molecule has 57 heavy (non-hydrogen) atoms. The van der Waals surface area contributed by atoms with Crippen molar-refractivity contribution in [2.45, 2.75) is 58.9 Å². The Labute approximate surface area is 338 Å². The van der Waals surface area contributed by atoms with E-state index in [1.807, 2.05) is 66.5 Å². The zero-order chi connectivity index (χ0) is 40.6. The molecule has 1 amide bonds. The SMILES string of the molecule is CCC1CCN(CC)CC1.CCN1CCC(N(C)C(=O)n2cnc(-c3ccc(OC)cc3)c2)CC1.COc1ccc(-c2cn(C(=O)Oc3ccccc3)cn2)cc1. The van der Waals surface area contributed by atoms with Crippen LogP contribution in [0.5, 0.6) is 17.2 Å². The Morgan fingerprint density at radius 1 is 0.649 bits per heavy atom. The number of nitrogens with zero attached hydrogens (tertiary/aromatic N) is 7. The molecule has 2 aliphatic heterocycles. The van der Waals surface area contributed by atoms with Gasteiger partial charge in [-0.1, -0.05) is 45.4 Å². The van der Waals surface area contributed by atoms with E-state index < -0.39 is 6.09 Å². The predicted octanol–water partition coefficient (Wildman–Crippen LogP) is 8.68. The van der Waals surface area contributed by atoms with Crippen LogP contribution >= 0.6 is 0 Å². The number of methoxy groups -OCH3 is 2. The summed E-state index contributed by atoms with van der Waals surface area (Å²) in [6.45, 7) is 13.9. The molecule has 2 fully saturated rings. The largest absolute Gasteiger partial charge is 0.497 e. The van der Waals surface area contributed by atoms with Crippen molar-refractivity contribution in [3.05, 3.63) is 104 Å². The van der Waals surface area contributed by atoms with Crippen LogP contribution in [0.25, 0.3) is 22.5 Å². The molecule has 0 bridgehead atoms. The van der Waals surface area contributed by atoms with Gasteiger partial charge in [0.05, 0.1) is 25.6 Å². The Hall–Kier alpha value is -5.46. The van der Waals surface area contributed by atoms with Crippen LogP contribution < -0.4 is 14.2 Å². The summed E-state index contributed by atoms with van der Waals surface area (Å²) >= 11 is 0. The maximum absolute atomic E-state index is 12.8. The fourth-order valence-electron chi connectivity index (χ4n) is 6.99. The molecular formula is C45H59N7O5. The predicted molar refractivity (Wildman–Crippen MR) is 225 cm³/mol. The number of carbonyl (C=O) groups excluding carboxylic acids is 2. The first kappa shape index (κ1) is 42.7. The summed E-state index contributed by atoms with van der Waals surface area (Å²) < 4.78 is 18.4. The lowest BCUT2D eigenvalue weighted by molar-refractivity contribution is 0.139. The number of hydrogen-bond acceptors (Lipinski definition) is 9. The van der Waals surface area contributed by atoms with Gasteiger partial charge in [-0.15, -0.1) is 0 Å². The van der Waals surface area contributed by atoms with E-state index in [4.69, 9.17) is 14.2 Å². The Morgan fingerprint density at radius 3 is 1.60 bits per heavy atom. The van der Waals surface area contributed by atoms with Gasteiger partial charge in [0.15, 0.2) is 0 Å². The monoisotopic (exact) mass is 777 g/mol. The molecule has 0 spiro atoms. The van der Waals surface area contributed by atoms with E-state index in [1.54, 1.807) is 61.8 Å². The highest BCUT2D eigenvalue weighted by Gasteiger charge is 2.26. The Balaban J connectivity index is 0.000000177. The lowest BCUT2D eigenvalue weighted by atomic mass is 9.95. The lowest BCUT2D eigenvalue weighted by Crippen LogP contribution is -2.46. The maximum Gasteiger partial charge on any atom is 0.424 e. The third-order valence-electron chi connectivity index (χ3n) is 10.9. The molecule has 2 aliphatic rings. The number of hydrogen-bond donors (Lipinski definition) is 0. The van der Waals surface area contributed by atoms with Crippen LogP contribution in [0.3, 0.4) is 0 Å². The Morgan fingerprint density at radius 2 is 1.12 bits per heavy atom. The number of imidazole rings is 2. The highest BCUT2D eigenvalue weighted by Crippen LogP contribution is 2.23. The second-order valence-electron chi connectivity index (χ2n) is 14.3. The number of para-hydroxylation sites is 1. The normalized spacial score (nSPS) is 15.1. The molecule has 304 valence electrons. The van der Waals surface area contributed by atoms with Gasteiger partial charge in [0, 0.05) is 49.7 Å². The summed E-state index contributed by atoms with van der Waals surface area (Å²) in [6, 6.07) is 24.3. The summed E-state index contributed by atoms with van der Waals surface area (Å²) in [6.07, 6.45) is 12.3. The third kappa shape index (κ3) is 12.3. The number of benzene rings is 3. The average Bonchev–Trinajstić information content (AvgIpc) is 3.99. The first-order chi connectivity index (χ1) is 27.7.